The van der Waals surface area contributed by atoms with Gasteiger partial charge in [0.2, 0.25) is 0 Å². The lowest BCUT2D eigenvalue weighted by atomic mass is 10.0. The molecule has 0 amide bonds. The summed E-state index contributed by atoms with van der Waals surface area (Å²) in [6.07, 6.45) is 4.54. The van der Waals surface area contributed by atoms with Crippen molar-refractivity contribution in [2.45, 2.75) is 45.8 Å². The van der Waals surface area contributed by atoms with Gasteiger partial charge in [0.15, 0.2) is 5.69 Å². The summed E-state index contributed by atoms with van der Waals surface area (Å²) in [4.78, 5) is 14.8. The summed E-state index contributed by atoms with van der Waals surface area (Å²) < 4.78 is 12.8. The maximum Gasteiger partial charge on any atom is 0.359 e. The van der Waals surface area contributed by atoms with Gasteiger partial charge in [-0.1, -0.05) is 30.3 Å². The quantitative estimate of drug-likeness (QED) is 0.544. The van der Waals surface area contributed by atoms with Gasteiger partial charge < -0.3 is 9.15 Å². The van der Waals surface area contributed by atoms with Crippen LogP contribution in [-0.2, 0) is 37.2 Å². The number of hydrogen-bond donors (Lipinski definition) is 0. The highest BCUT2D eigenvalue weighted by molar-refractivity contribution is 5.89. The molecule has 0 aliphatic carbocycles. The maximum absolute atomic E-state index is 12.5. The van der Waals surface area contributed by atoms with Crippen LogP contribution in [0.15, 0.2) is 53.1 Å². The second-order valence-electron chi connectivity index (χ2n) is 7.35. The first kappa shape index (κ1) is 19.5. The van der Waals surface area contributed by atoms with E-state index in [4.69, 9.17) is 9.15 Å². The van der Waals surface area contributed by atoms with Gasteiger partial charge in [-0.25, -0.2) is 4.79 Å². The Morgan fingerprint density at radius 3 is 2.83 bits per heavy atom. The van der Waals surface area contributed by atoms with Crippen LogP contribution in [0.2, 0.25) is 0 Å². The Kier molecular flexibility index (Phi) is 6.10. The van der Waals surface area contributed by atoms with E-state index >= 15 is 0 Å². The van der Waals surface area contributed by atoms with Crippen LogP contribution in [0.4, 0.5) is 0 Å². The molecule has 1 aromatic carbocycles. The average Bonchev–Trinajstić information content (AvgIpc) is 3.37. The molecule has 2 aromatic heterocycles. The highest BCUT2D eigenvalue weighted by Gasteiger charge is 2.29. The van der Waals surface area contributed by atoms with Crippen LogP contribution in [-0.4, -0.2) is 33.8 Å². The van der Waals surface area contributed by atoms with Crippen LogP contribution in [0.1, 0.15) is 46.4 Å². The zero-order chi connectivity index (χ0) is 20.1. The van der Waals surface area contributed by atoms with Gasteiger partial charge in [-0.05, 0) is 37.5 Å². The summed E-state index contributed by atoms with van der Waals surface area (Å²) in [5.74, 6) is 0.604. The zero-order valence-electron chi connectivity index (χ0n) is 16.8. The highest BCUT2D eigenvalue weighted by atomic mass is 16.5. The number of hydrogen-bond acceptors (Lipinski definition) is 5. The van der Waals surface area contributed by atoms with E-state index in [1.807, 2.05) is 29.8 Å². The molecule has 6 heteroatoms. The molecule has 29 heavy (non-hydrogen) atoms. The van der Waals surface area contributed by atoms with Crippen molar-refractivity contribution in [2.75, 3.05) is 13.2 Å². The normalized spacial score (nSPS) is 14.0. The Labute approximate surface area is 171 Å². The maximum atomic E-state index is 12.5. The summed E-state index contributed by atoms with van der Waals surface area (Å²) in [5, 5.41) is 4.67. The molecule has 0 atom stereocenters. The van der Waals surface area contributed by atoms with Crippen LogP contribution in [0, 0.1) is 0 Å². The molecule has 0 unspecified atom stereocenters. The number of carbonyl (C=O) groups excluding carboxylic acids is 1. The van der Waals surface area contributed by atoms with E-state index in [1.165, 1.54) is 5.56 Å². The predicted octanol–water partition coefficient (Wildman–Crippen LogP) is 3.84. The van der Waals surface area contributed by atoms with Crippen LogP contribution in [0.25, 0.3) is 0 Å². The Balaban J connectivity index is 1.50. The van der Waals surface area contributed by atoms with Crippen LogP contribution >= 0.6 is 0 Å². The zero-order valence-corrected chi connectivity index (χ0v) is 16.8. The van der Waals surface area contributed by atoms with E-state index in [0.29, 0.717) is 18.8 Å². The predicted molar refractivity (Wildman–Crippen MR) is 109 cm³/mol. The number of aromatic nitrogens is 2. The molecule has 0 saturated carbocycles. The molecule has 3 aromatic rings. The van der Waals surface area contributed by atoms with Crippen molar-refractivity contribution in [3.05, 3.63) is 77.0 Å². The first-order valence-electron chi connectivity index (χ1n) is 10.3. The van der Waals surface area contributed by atoms with Crippen LogP contribution < -0.4 is 0 Å². The Morgan fingerprint density at radius 2 is 2.07 bits per heavy atom. The molecule has 1 aliphatic rings. The summed E-state index contributed by atoms with van der Waals surface area (Å²) in [6, 6.07) is 14.3. The van der Waals surface area contributed by atoms with E-state index in [1.54, 1.807) is 6.26 Å². The van der Waals surface area contributed by atoms with Gasteiger partial charge in [-0.15, -0.1) is 0 Å². The van der Waals surface area contributed by atoms with Crippen molar-refractivity contribution in [3.8, 4) is 0 Å². The van der Waals surface area contributed by atoms with Gasteiger partial charge in [-0.3, -0.25) is 9.58 Å². The Morgan fingerprint density at radius 1 is 1.21 bits per heavy atom. The molecule has 3 heterocycles. The van der Waals surface area contributed by atoms with Gasteiger partial charge in [0.05, 0.1) is 19.4 Å². The van der Waals surface area contributed by atoms with Gasteiger partial charge in [0.25, 0.3) is 0 Å². The molecule has 4 rings (SSSR count). The second kappa shape index (κ2) is 9.09. The second-order valence-corrected chi connectivity index (χ2v) is 7.35. The minimum absolute atomic E-state index is 0.328. The number of fused-ring (bicyclic) bond motifs is 1. The highest BCUT2D eigenvalue weighted by Crippen LogP contribution is 2.25. The van der Waals surface area contributed by atoms with E-state index in [0.717, 1.165) is 55.9 Å². The van der Waals surface area contributed by atoms with E-state index in [9.17, 15) is 4.79 Å². The Bertz CT molecular complexity index is 932. The number of esters is 1. The lowest BCUT2D eigenvalue weighted by Crippen LogP contribution is -2.31. The monoisotopic (exact) mass is 393 g/mol. The summed E-state index contributed by atoms with van der Waals surface area (Å²) in [6.45, 7) is 5.31. The molecular weight excluding hydrogens is 366 g/mol. The Hall–Kier alpha value is -2.86. The van der Waals surface area contributed by atoms with Crippen molar-refractivity contribution in [3.63, 3.8) is 0 Å². The number of ether oxygens (including phenoxy) is 1. The number of aryl methyl sites for hydroxylation is 2. The fourth-order valence-corrected chi connectivity index (χ4v) is 3.93. The molecular formula is C23H27N3O3. The van der Waals surface area contributed by atoms with Gasteiger partial charge in [0.1, 0.15) is 5.76 Å². The smallest absolute Gasteiger partial charge is 0.359 e. The summed E-state index contributed by atoms with van der Waals surface area (Å²) >= 11 is 0. The summed E-state index contributed by atoms with van der Waals surface area (Å²) in [7, 11) is 0. The lowest BCUT2D eigenvalue weighted by molar-refractivity contribution is 0.0515. The van der Waals surface area contributed by atoms with Gasteiger partial charge in [-0.2, -0.15) is 5.10 Å². The number of rotatable bonds is 8. The average molecular weight is 393 g/mol. The molecule has 0 spiro atoms. The van der Waals surface area contributed by atoms with Crippen molar-refractivity contribution < 1.29 is 13.9 Å². The number of benzene rings is 1. The summed E-state index contributed by atoms with van der Waals surface area (Å²) in [5.41, 5.74) is 3.95. The lowest BCUT2D eigenvalue weighted by Gasteiger charge is -2.26. The fourth-order valence-electron chi connectivity index (χ4n) is 3.93. The molecule has 0 N–H and O–H groups in total. The third kappa shape index (κ3) is 4.59. The van der Waals surface area contributed by atoms with Gasteiger partial charge >= 0.3 is 5.97 Å². The van der Waals surface area contributed by atoms with E-state index < -0.39 is 0 Å². The fraction of sp³-hybridized carbons (Fsp3) is 0.391. The third-order valence-corrected chi connectivity index (χ3v) is 5.32. The topological polar surface area (TPSA) is 60.5 Å². The minimum atomic E-state index is -0.328. The van der Waals surface area contributed by atoms with Crippen molar-refractivity contribution in [2.24, 2.45) is 0 Å². The van der Waals surface area contributed by atoms with Crippen LogP contribution in [0.5, 0.6) is 0 Å². The van der Waals surface area contributed by atoms with Crippen molar-refractivity contribution in [1.29, 1.82) is 0 Å². The molecule has 1 aliphatic heterocycles. The molecule has 0 saturated heterocycles. The number of furan rings is 1. The number of nitrogens with zero attached hydrogens (tertiary/aromatic N) is 3. The van der Waals surface area contributed by atoms with Crippen molar-refractivity contribution in [1.82, 2.24) is 14.7 Å². The van der Waals surface area contributed by atoms with Gasteiger partial charge in [0, 0.05) is 37.3 Å². The van der Waals surface area contributed by atoms with E-state index in [2.05, 4.69) is 34.3 Å². The molecule has 0 radical (unpaired) electrons. The van der Waals surface area contributed by atoms with Crippen LogP contribution in [0.3, 0.4) is 0 Å². The van der Waals surface area contributed by atoms with Crippen molar-refractivity contribution >= 4 is 5.97 Å². The minimum Gasteiger partial charge on any atom is -0.468 e. The van der Waals surface area contributed by atoms with E-state index in [-0.39, 0.29) is 5.97 Å². The first-order chi connectivity index (χ1) is 14.2. The third-order valence-electron chi connectivity index (χ3n) is 5.32. The number of carbonyl (C=O) groups is 1. The SMILES string of the molecule is CCOC(=O)c1nn(CCCc2ccccc2)c2c1CN(Cc1ccco1)CC2. The molecule has 0 bridgehead atoms. The molecule has 6 nitrogen and oxygen atoms in total. The largest absolute Gasteiger partial charge is 0.468 e. The molecule has 0 fully saturated rings. The first-order valence-corrected chi connectivity index (χ1v) is 10.3. The molecule has 152 valence electrons. The standard InChI is InChI=1S/C23H27N3O3/c1-2-28-23(27)22-20-17-25(16-19-11-7-15-29-19)14-12-21(20)26(24-22)13-6-10-18-8-4-3-5-9-18/h3-5,7-9,11,15H,2,6,10,12-14,16-17H2,1H3.